The lowest BCUT2D eigenvalue weighted by molar-refractivity contribution is 0.392. The number of amidine groups is 1. The minimum absolute atomic E-state index is 0.210. The number of halogens is 1. The van der Waals surface area contributed by atoms with Gasteiger partial charge in [0.15, 0.2) is 17.9 Å². The lowest BCUT2D eigenvalue weighted by Gasteiger charge is -2.31. The molecule has 12 nitrogen and oxygen atoms in total. The molecule has 0 fully saturated rings. The number of anilines is 1. The lowest BCUT2D eigenvalue weighted by atomic mass is 10.1. The minimum atomic E-state index is -3.99. The molecule has 1 aliphatic rings. The number of ether oxygens (including phenoxy) is 2. The van der Waals surface area contributed by atoms with Crippen LogP contribution in [0.1, 0.15) is 31.3 Å². The monoisotopic (exact) mass is 518 g/mol. The van der Waals surface area contributed by atoms with Crippen molar-refractivity contribution in [2.45, 2.75) is 31.3 Å². The second-order valence-corrected chi connectivity index (χ2v) is 10.2. The van der Waals surface area contributed by atoms with Gasteiger partial charge in [-0.25, -0.2) is 22.8 Å². The number of sulfonamides is 1. The maximum atomic E-state index is 13.5. The number of benzene rings is 1. The molecule has 3 atom stereocenters. The predicted molar refractivity (Wildman–Crippen MR) is 131 cm³/mol. The molecule has 0 spiro atoms. The number of rotatable bonds is 9. The molecule has 0 saturated heterocycles. The Morgan fingerprint density at radius 3 is 2.31 bits per heavy atom. The molecule has 1 aliphatic heterocycles. The van der Waals surface area contributed by atoms with Gasteiger partial charge >= 0.3 is 0 Å². The maximum Gasteiger partial charge on any atom is 0.218 e. The quantitative estimate of drug-likeness (QED) is 0.432. The number of nitrogens with one attached hydrogen (secondary N) is 2. The second kappa shape index (κ2) is 10.1. The van der Waals surface area contributed by atoms with Gasteiger partial charge in [-0.3, -0.25) is 15.0 Å². The first kappa shape index (κ1) is 25.3. The zero-order chi connectivity index (χ0) is 26.0. The van der Waals surface area contributed by atoms with Crippen molar-refractivity contribution in [1.82, 2.24) is 29.9 Å². The third kappa shape index (κ3) is 4.81. The Balaban J connectivity index is 1.70. The van der Waals surface area contributed by atoms with Crippen molar-refractivity contribution >= 4 is 21.5 Å². The molecule has 192 valence electrons. The molecule has 0 aliphatic carbocycles. The second-order valence-electron chi connectivity index (χ2n) is 8.14. The third-order valence-electron chi connectivity index (χ3n) is 5.88. The fraction of sp³-hybridized carbons (Fsp3) is 0.364. The summed E-state index contributed by atoms with van der Waals surface area (Å²) in [4.78, 5) is 9.49. The fourth-order valence-corrected chi connectivity index (χ4v) is 5.10. The van der Waals surface area contributed by atoms with Crippen LogP contribution in [-0.2, 0) is 17.1 Å². The highest BCUT2D eigenvalue weighted by atomic mass is 32.2. The van der Waals surface area contributed by atoms with E-state index in [1.807, 2.05) is 0 Å². The van der Waals surface area contributed by atoms with E-state index in [4.69, 9.17) is 9.47 Å². The van der Waals surface area contributed by atoms with Crippen LogP contribution in [0.25, 0.3) is 0 Å². The SMILES string of the molecule is COc1cccc(OC)c1N1C(c2ccn(C)n2)=NNC1NS(=O)(=O)[C@H](C)[C@@H](C)c1ncc(F)cn1. The van der Waals surface area contributed by atoms with Crippen molar-refractivity contribution in [3.63, 3.8) is 0 Å². The first-order valence-electron chi connectivity index (χ1n) is 11.0. The summed E-state index contributed by atoms with van der Waals surface area (Å²) >= 11 is 0. The van der Waals surface area contributed by atoms with Crippen LogP contribution in [0, 0.1) is 5.82 Å². The van der Waals surface area contributed by atoms with Gasteiger partial charge in [0.2, 0.25) is 10.0 Å². The molecule has 0 radical (unpaired) electrons. The summed E-state index contributed by atoms with van der Waals surface area (Å²) in [5.41, 5.74) is 3.80. The first-order chi connectivity index (χ1) is 17.2. The summed E-state index contributed by atoms with van der Waals surface area (Å²) in [6.07, 6.45) is 2.72. The number of hydrogen-bond acceptors (Lipinski definition) is 10. The first-order valence-corrected chi connectivity index (χ1v) is 12.5. The molecular formula is C22H27FN8O4S. The van der Waals surface area contributed by atoms with Crippen molar-refractivity contribution < 1.29 is 22.3 Å². The van der Waals surface area contributed by atoms with Crippen molar-refractivity contribution in [2.24, 2.45) is 12.1 Å². The number of aromatic nitrogens is 4. The Kier molecular flexibility index (Phi) is 7.08. The van der Waals surface area contributed by atoms with Crippen LogP contribution in [0.5, 0.6) is 11.5 Å². The van der Waals surface area contributed by atoms with Gasteiger partial charge < -0.3 is 9.47 Å². The molecule has 4 rings (SSSR count). The highest BCUT2D eigenvalue weighted by molar-refractivity contribution is 7.90. The van der Waals surface area contributed by atoms with Crippen molar-refractivity contribution in [1.29, 1.82) is 0 Å². The number of aryl methyl sites for hydroxylation is 1. The van der Waals surface area contributed by atoms with Gasteiger partial charge in [-0.2, -0.15) is 14.9 Å². The summed E-state index contributed by atoms with van der Waals surface area (Å²) < 4.78 is 55.6. The Labute approximate surface area is 208 Å². The van der Waals surface area contributed by atoms with E-state index in [0.29, 0.717) is 28.7 Å². The number of para-hydroxylation sites is 1. The van der Waals surface area contributed by atoms with Gasteiger partial charge in [0, 0.05) is 19.2 Å². The number of hydrogen-bond donors (Lipinski definition) is 2. The van der Waals surface area contributed by atoms with Crippen LogP contribution >= 0.6 is 0 Å². The van der Waals surface area contributed by atoms with E-state index in [1.54, 1.807) is 54.0 Å². The molecule has 1 aromatic carbocycles. The molecule has 1 unspecified atom stereocenters. The Bertz CT molecular complexity index is 1340. The van der Waals surface area contributed by atoms with E-state index >= 15 is 0 Å². The normalized spacial score (nSPS) is 17.3. The van der Waals surface area contributed by atoms with Crippen LogP contribution < -0.4 is 24.5 Å². The summed E-state index contributed by atoms with van der Waals surface area (Å²) in [6, 6.07) is 6.97. The van der Waals surface area contributed by atoms with Gasteiger partial charge in [-0.1, -0.05) is 13.0 Å². The maximum absolute atomic E-state index is 13.5. The molecular weight excluding hydrogens is 491 g/mol. The van der Waals surface area contributed by atoms with E-state index in [-0.39, 0.29) is 5.82 Å². The summed E-state index contributed by atoms with van der Waals surface area (Å²) in [5.74, 6) is 0.209. The summed E-state index contributed by atoms with van der Waals surface area (Å²) in [7, 11) is 0.785. The average molecular weight is 519 g/mol. The highest BCUT2D eigenvalue weighted by Gasteiger charge is 2.40. The Morgan fingerprint density at radius 2 is 1.75 bits per heavy atom. The van der Waals surface area contributed by atoms with Crippen LogP contribution in [0.2, 0.25) is 0 Å². The Morgan fingerprint density at radius 1 is 1.11 bits per heavy atom. The number of hydrazone groups is 1. The minimum Gasteiger partial charge on any atom is -0.494 e. The zero-order valence-corrected chi connectivity index (χ0v) is 21.2. The number of nitrogens with zero attached hydrogens (tertiary/aromatic N) is 6. The van der Waals surface area contributed by atoms with Gasteiger partial charge in [0.25, 0.3) is 0 Å². The fourth-order valence-electron chi connectivity index (χ4n) is 3.75. The van der Waals surface area contributed by atoms with Crippen molar-refractivity contribution in [3.8, 4) is 11.5 Å². The molecule has 0 amide bonds. The molecule has 0 saturated carbocycles. The van der Waals surface area contributed by atoms with Crippen LogP contribution in [0.3, 0.4) is 0 Å². The topological polar surface area (TPSA) is 136 Å². The molecule has 3 aromatic rings. The third-order valence-corrected chi connectivity index (χ3v) is 7.82. The average Bonchev–Trinajstić information content (AvgIpc) is 3.48. The molecule has 36 heavy (non-hydrogen) atoms. The zero-order valence-electron chi connectivity index (χ0n) is 20.4. The summed E-state index contributed by atoms with van der Waals surface area (Å²) in [5, 5.41) is 7.83. The standard InChI is InChI=1S/C22H27FN8O4S/c1-13(20-24-11-15(23)12-25-20)14(2)36(32,33)29-22-27-26-21(16-9-10-30(3)28-16)31(22)19-17(34-4)7-6-8-18(19)35-5/h6-14,22,27,29H,1-5H3/t13-,14-,22?/m1/s1. The van der Waals surface area contributed by atoms with Crippen LogP contribution in [-0.4, -0.2) is 59.8 Å². The van der Waals surface area contributed by atoms with Crippen LogP contribution in [0.15, 0.2) is 48.0 Å². The van der Waals surface area contributed by atoms with E-state index < -0.39 is 33.3 Å². The van der Waals surface area contributed by atoms with Gasteiger partial charge in [-0.15, -0.1) is 0 Å². The van der Waals surface area contributed by atoms with Gasteiger partial charge in [0.05, 0.1) is 31.9 Å². The number of methoxy groups -OCH3 is 2. The van der Waals surface area contributed by atoms with Crippen LogP contribution in [0.4, 0.5) is 10.1 Å². The molecule has 14 heteroatoms. The molecule has 0 bridgehead atoms. The van der Waals surface area contributed by atoms with E-state index in [1.165, 1.54) is 21.1 Å². The van der Waals surface area contributed by atoms with Crippen molar-refractivity contribution in [3.05, 3.63) is 60.2 Å². The lowest BCUT2D eigenvalue weighted by Crippen LogP contribution is -2.55. The summed E-state index contributed by atoms with van der Waals surface area (Å²) in [6.45, 7) is 3.19. The Hall–Kier alpha value is -3.78. The smallest absolute Gasteiger partial charge is 0.218 e. The van der Waals surface area contributed by atoms with E-state index in [2.05, 4.69) is 30.3 Å². The molecule has 3 heterocycles. The highest BCUT2D eigenvalue weighted by Crippen LogP contribution is 2.40. The molecule has 2 N–H and O–H groups in total. The molecule has 2 aromatic heterocycles. The van der Waals surface area contributed by atoms with Gasteiger partial charge in [-0.05, 0) is 25.1 Å². The van der Waals surface area contributed by atoms with Crippen molar-refractivity contribution in [2.75, 3.05) is 19.1 Å². The predicted octanol–water partition coefficient (Wildman–Crippen LogP) is 1.53. The van der Waals surface area contributed by atoms with Gasteiger partial charge in [0.1, 0.15) is 28.7 Å². The van der Waals surface area contributed by atoms with E-state index in [0.717, 1.165) is 12.4 Å². The largest absolute Gasteiger partial charge is 0.494 e. The van der Waals surface area contributed by atoms with E-state index in [9.17, 15) is 12.8 Å².